The van der Waals surface area contributed by atoms with E-state index < -0.39 is 0 Å². The number of ether oxygens (including phenoxy) is 1. The summed E-state index contributed by atoms with van der Waals surface area (Å²) in [5.74, 6) is 0.806. The van der Waals surface area contributed by atoms with Crippen LogP contribution >= 0.6 is 23.2 Å². The summed E-state index contributed by atoms with van der Waals surface area (Å²) >= 11 is 11.9. The van der Waals surface area contributed by atoms with Crippen LogP contribution in [0.4, 0.5) is 0 Å². The lowest BCUT2D eigenvalue weighted by Crippen LogP contribution is -1.96. The number of aromatic nitrogens is 1. The van der Waals surface area contributed by atoms with Crippen LogP contribution in [-0.2, 0) is 6.61 Å². The van der Waals surface area contributed by atoms with Crippen molar-refractivity contribution in [3.8, 4) is 5.75 Å². The van der Waals surface area contributed by atoms with Crippen molar-refractivity contribution >= 4 is 34.0 Å². The minimum absolute atomic E-state index is 0.440. The van der Waals surface area contributed by atoms with Crippen LogP contribution in [0.5, 0.6) is 5.75 Å². The third-order valence-corrected chi connectivity index (χ3v) is 3.57. The lowest BCUT2D eigenvalue weighted by molar-refractivity contribution is 0.309. The van der Waals surface area contributed by atoms with Crippen molar-refractivity contribution in [1.82, 2.24) is 4.98 Å². The molecule has 0 fully saturated rings. The largest absolute Gasteiger partial charge is 0.488 e. The van der Waals surface area contributed by atoms with E-state index in [-0.39, 0.29) is 0 Å². The van der Waals surface area contributed by atoms with E-state index in [1.54, 1.807) is 12.3 Å². The van der Waals surface area contributed by atoms with Gasteiger partial charge in [-0.3, -0.25) is 0 Å². The Morgan fingerprint density at radius 3 is 2.45 bits per heavy atom. The van der Waals surface area contributed by atoms with Gasteiger partial charge in [0.15, 0.2) is 0 Å². The minimum Gasteiger partial charge on any atom is -0.488 e. The average molecular weight is 304 g/mol. The van der Waals surface area contributed by atoms with Gasteiger partial charge in [0.2, 0.25) is 0 Å². The quantitative estimate of drug-likeness (QED) is 0.626. The second kappa shape index (κ2) is 5.70. The van der Waals surface area contributed by atoms with Crippen molar-refractivity contribution in [2.45, 2.75) is 6.61 Å². The third kappa shape index (κ3) is 2.72. The van der Waals surface area contributed by atoms with Gasteiger partial charge in [-0.05, 0) is 18.2 Å². The summed E-state index contributed by atoms with van der Waals surface area (Å²) in [5.41, 5.74) is 0.966. The molecule has 0 saturated carbocycles. The number of hydrogen-bond donors (Lipinski definition) is 0. The molecule has 0 radical (unpaired) electrons. The van der Waals surface area contributed by atoms with E-state index in [0.29, 0.717) is 11.8 Å². The molecule has 1 aromatic heterocycles. The molecule has 0 saturated heterocycles. The highest BCUT2D eigenvalue weighted by Crippen LogP contribution is 2.31. The Morgan fingerprint density at radius 1 is 0.900 bits per heavy atom. The summed E-state index contributed by atoms with van der Waals surface area (Å²) < 4.78 is 5.86. The molecule has 2 aromatic carbocycles. The molecule has 1 heterocycles. The average Bonchev–Trinajstić information content (AvgIpc) is 2.49. The smallest absolute Gasteiger partial charge is 0.129 e. The Bertz CT molecular complexity index is 741. The molecule has 3 aromatic rings. The molecule has 3 rings (SSSR count). The molecule has 0 atom stereocenters. The zero-order valence-electron chi connectivity index (χ0n) is 10.5. The Hall–Kier alpha value is -1.77. The van der Waals surface area contributed by atoms with E-state index in [0.717, 1.165) is 27.1 Å². The Morgan fingerprint density at radius 2 is 1.70 bits per heavy atom. The molecule has 0 spiro atoms. The number of halogens is 2. The van der Waals surface area contributed by atoms with Gasteiger partial charge < -0.3 is 4.74 Å². The predicted molar refractivity (Wildman–Crippen MR) is 82.5 cm³/mol. The normalized spacial score (nSPS) is 10.7. The molecule has 100 valence electrons. The van der Waals surface area contributed by atoms with Crippen molar-refractivity contribution in [3.05, 3.63) is 70.5 Å². The van der Waals surface area contributed by atoms with Crippen molar-refractivity contribution in [1.29, 1.82) is 0 Å². The Balaban J connectivity index is 1.88. The maximum absolute atomic E-state index is 6.18. The fourth-order valence-corrected chi connectivity index (χ4v) is 2.35. The maximum atomic E-state index is 6.18. The molecule has 0 aliphatic carbocycles. The first kappa shape index (κ1) is 13.2. The van der Waals surface area contributed by atoms with Crippen LogP contribution in [0.15, 0.2) is 54.7 Å². The molecule has 2 nitrogen and oxygen atoms in total. The van der Waals surface area contributed by atoms with Crippen LogP contribution in [0.2, 0.25) is 10.2 Å². The third-order valence-electron chi connectivity index (χ3n) is 3.01. The summed E-state index contributed by atoms with van der Waals surface area (Å²) in [7, 11) is 0. The highest BCUT2D eigenvalue weighted by atomic mass is 35.5. The molecule has 0 bridgehead atoms. The van der Waals surface area contributed by atoms with Crippen molar-refractivity contribution in [3.63, 3.8) is 0 Å². The number of benzene rings is 2. The fraction of sp³-hybridized carbons (Fsp3) is 0.0625. The highest BCUT2D eigenvalue weighted by Gasteiger charge is 2.05. The summed E-state index contributed by atoms with van der Waals surface area (Å²) in [6.07, 6.45) is 1.71. The van der Waals surface area contributed by atoms with Crippen molar-refractivity contribution in [2.24, 2.45) is 0 Å². The van der Waals surface area contributed by atoms with Crippen LogP contribution < -0.4 is 4.74 Å². The van der Waals surface area contributed by atoms with Crippen LogP contribution in [0.25, 0.3) is 10.8 Å². The van der Waals surface area contributed by atoms with Crippen LogP contribution in [-0.4, -0.2) is 4.98 Å². The molecular weight excluding hydrogens is 293 g/mol. The first-order chi connectivity index (χ1) is 9.74. The zero-order chi connectivity index (χ0) is 13.9. The van der Waals surface area contributed by atoms with Crippen molar-refractivity contribution < 1.29 is 4.74 Å². The number of hydrogen-bond acceptors (Lipinski definition) is 2. The van der Waals surface area contributed by atoms with Gasteiger partial charge in [0.1, 0.15) is 17.5 Å². The van der Waals surface area contributed by atoms with E-state index in [1.807, 2.05) is 42.5 Å². The topological polar surface area (TPSA) is 22.1 Å². The van der Waals surface area contributed by atoms with Gasteiger partial charge in [-0.25, -0.2) is 4.98 Å². The first-order valence-corrected chi connectivity index (χ1v) is 6.90. The molecule has 0 N–H and O–H groups in total. The molecule has 4 heteroatoms. The van der Waals surface area contributed by atoms with Gasteiger partial charge in [0.25, 0.3) is 0 Å². The molecule has 0 amide bonds. The van der Waals surface area contributed by atoms with E-state index in [4.69, 9.17) is 27.9 Å². The predicted octanol–water partition coefficient (Wildman–Crippen LogP) is 5.12. The monoisotopic (exact) mass is 303 g/mol. The van der Waals surface area contributed by atoms with Gasteiger partial charge in [0, 0.05) is 27.6 Å². The van der Waals surface area contributed by atoms with E-state index in [1.165, 1.54) is 0 Å². The SMILES string of the molecule is Clc1ccc(COc2ccc(Cl)c3ccccc23)cn1. The van der Waals surface area contributed by atoms with Gasteiger partial charge in [0.05, 0.1) is 0 Å². The van der Waals surface area contributed by atoms with Crippen LogP contribution in [0.3, 0.4) is 0 Å². The number of nitrogens with zero attached hydrogens (tertiary/aromatic N) is 1. The molecular formula is C16H11Cl2NO. The molecule has 0 unspecified atom stereocenters. The van der Waals surface area contributed by atoms with Gasteiger partial charge in [-0.1, -0.05) is 53.5 Å². The standard InChI is InChI=1S/C16H11Cl2NO/c17-14-6-7-15(13-4-2-1-3-12(13)14)20-10-11-5-8-16(18)19-9-11/h1-9H,10H2. The second-order valence-electron chi connectivity index (χ2n) is 4.37. The number of fused-ring (bicyclic) bond motifs is 1. The molecule has 0 aliphatic heterocycles. The zero-order valence-corrected chi connectivity index (χ0v) is 12.0. The fourth-order valence-electron chi connectivity index (χ4n) is 2.01. The van der Waals surface area contributed by atoms with E-state index >= 15 is 0 Å². The highest BCUT2D eigenvalue weighted by molar-refractivity contribution is 6.35. The molecule has 0 aliphatic rings. The molecule has 20 heavy (non-hydrogen) atoms. The van der Waals surface area contributed by atoms with E-state index in [9.17, 15) is 0 Å². The van der Waals surface area contributed by atoms with E-state index in [2.05, 4.69) is 4.98 Å². The summed E-state index contributed by atoms with van der Waals surface area (Å²) in [6, 6.07) is 15.3. The first-order valence-electron chi connectivity index (χ1n) is 6.14. The summed E-state index contributed by atoms with van der Waals surface area (Å²) in [5, 5.41) is 3.19. The summed E-state index contributed by atoms with van der Waals surface area (Å²) in [4.78, 5) is 4.03. The maximum Gasteiger partial charge on any atom is 0.129 e. The van der Waals surface area contributed by atoms with Gasteiger partial charge in [-0.2, -0.15) is 0 Å². The number of rotatable bonds is 3. The Labute approximate surface area is 126 Å². The summed E-state index contributed by atoms with van der Waals surface area (Å²) in [6.45, 7) is 0.440. The van der Waals surface area contributed by atoms with Crippen LogP contribution in [0, 0.1) is 0 Å². The van der Waals surface area contributed by atoms with Gasteiger partial charge in [-0.15, -0.1) is 0 Å². The van der Waals surface area contributed by atoms with Crippen molar-refractivity contribution in [2.75, 3.05) is 0 Å². The minimum atomic E-state index is 0.440. The lowest BCUT2D eigenvalue weighted by atomic mass is 10.1. The second-order valence-corrected chi connectivity index (χ2v) is 5.16. The number of pyridine rings is 1. The Kier molecular flexibility index (Phi) is 3.77. The lowest BCUT2D eigenvalue weighted by Gasteiger charge is -2.10. The van der Waals surface area contributed by atoms with Crippen LogP contribution in [0.1, 0.15) is 5.56 Å². The van der Waals surface area contributed by atoms with Gasteiger partial charge >= 0.3 is 0 Å².